The zero-order valence-electron chi connectivity index (χ0n) is 17.5. The van der Waals surface area contributed by atoms with Gasteiger partial charge in [0.2, 0.25) is 0 Å². The van der Waals surface area contributed by atoms with E-state index in [0.29, 0.717) is 37.1 Å². The van der Waals surface area contributed by atoms with Crippen LogP contribution in [0.4, 0.5) is 0 Å². The van der Waals surface area contributed by atoms with Crippen LogP contribution in [0.5, 0.6) is 5.75 Å². The largest absolute Gasteiger partial charge is 0.484 e. The van der Waals surface area contributed by atoms with Gasteiger partial charge in [0, 0.05) is 25.8 Å². The van der Waals surface area contributed by atoms with Gasteiger partial charge in [0.05, 0.1) is 12.6 Å². The average molecular weight is 415 g/mol. The Hall–Kier alpha value is -2.87. The monoisotopic (exact) mass is 415 g/mol. The Bertz CT molecular complexity index is 815. The Kier molecular flexibility index (Phi) is 7.84. The summed E-state index contributed by atoms with van der Waals surface area (Å²) < 4.78 is 16.6. The molecule has 1 aliphatic rings. The summed E-state index contributed by atoms with van der Waals surface area (Å²) >= 11 is 0. The number of aromatic nitrogens is 1. The molecule has 0 radical (unpaired) electrons. The summed E-state index contributed by atoms with van der Waals surface area (Å²) in [4.78, 5) is 26.6. The van der Waals surface area contributed by atoms with Crippen molar-refractivity contribution in [3.63, 3.8) is 0 Å². The molecule has 2 aromatic rings. The van der Waals surface area contributed by atoms with Gasteiger partial charge in [-0.25, -0.2) is 0 Å². The predicted octanol–water partition coefficient (Wildman–Crippen LogP) is 2.65. The lowest BCUT2D eigenvalue weighted by atomic mass is 10.2. The lowest BCUT2D eigenvalue weighted by Crippen LogP contribution is -2.39. The number of nitrogens with one attached hydrogen (secondary N) is 1. The SMILES string of the molecule is CC(C)CNC(=O)c1cc(CN(CC2CCCO2)C(=O)COc2ccccc2)on1. The highest BCUT2D eigenvalue weighted by atomic mass is 16.5. The minimum absolute atomic E-state index is 0.0117. The van der Waals surface area contributed by atoms with Crippen molar-refractivity contribution in [3.8, 4) is 5.75 Å². The Labute approximate surface area is 176 Å². The molecule has 8 heteroatoms. The van der Waals surface area contributed by atoms with E-state index in [0.717, 1.165) is 12.8 Å². The van der Waals surface area contributed by atoms with Crippen LogP contribution in [0, 0.1) is 5.92 Å². The maximum atomic E-state index is 12.8. The van der Waals surface area contributed by atoms with E-state index in [1.54, 1.807) is 23.1 Å². The number of para-hydroxylation sites is 1. The highest BCUT2D eigenvalue weighted by Gasteiger charge is 2.25. The summed E-state index contributed by atoms with van der Waals surface area (Å²) in [6.07, 6.45) is 1.88. The number of nitrogens with zero attached hydrogens (tertiary/aromatic N) is 2. The van der Waals surface area contributed by atoms with Gasteiger partial charge in [-0.05, 0) is 30.9 Å². The third-order valence-corrected chi connectivity index (χ3v) is 4.72. The van der Waals surface area contributed by atoms with Crippen LogP contribution in [0.25, 0.3) is 0 Å². The van der Waals surface area contributed by atoms with Gasteiger partial charge in [-0.2, -0.15) is 0 Å². The normalized spacial score (nSPS) is 15.9. The highest BCUT2D eigenvalue weighted by Crippen LogP contribution is 2.17. The van der Waals surface area contributed by atoms with Crippen LogP contribution < -0.4 is 10.1 Å². The van der Waals surface area contributed by atoms with Gasteiger partial charge in [0.15, 0.2) is 18.1 Å². The topological polar surface area (TPSA) is 93.9 Å². The van der Waals surface area contributed by atoms with E-state index in [-0.39, 0.29) is 36.8 Å². The smallest absolute Gasteiger partial charge is 0.273 e. The molecule has 0 aliphatic carbocycles. The van der Waals surface area contributed by atoms with Crippen molar-refractivity contribution < 1.29 is 23.6 Å². The molecule has 162 valence electrons. The van der Waals surface area contributed by atoms with E-state index < -0.39 is 0 Å². The zero-order chi connectivity index (χ0) is 21.3. The number of benzene rings is 1. The van der Waals surface area contributed by atoms with Crippen molar-refractivity contribution in [3.05, 3.63) is 47.9 Å². The Morgan fingerprint density at radius 3 is 2.80 bits per heavy atom. The summed E-state index contributed by atoms with van der Waals surface area (Å²) in [6.45, 7) is 5.83. The van der Waals surface area contributed by atoms with Crippen LogP contribution in [0.15, 0.2) is 40.9 Å². The standard InChI is InChI=1S/C22H29N3O5/c1-16(2)12-23-22(27)20-11-19(30-24-20)14-25(13-18-9-6-10-28-18)21(26)15-29-17-7-4-3-5-8-17/h3-5,7-8,11,16,18H,6,9-10,12-15H2,1-2H3,(H,23,27). The second kappa shape index (κ2) is 10.8. The highest BCUT2D eigenvalue weighted by molar-refractivity contribution is 5.92. The summed E-state index contributed by atoms with van der Waals surface area (Å²) in [5, 5.41) is 6.65. The first-order valence-electron chi connectivity index (χ1n) is 10.3. The fraction of sp³-hybridized carbons (Fsp3) is 0.500. The van der Waals surface area contributed by atoms with E-state index in [1.807, 2.05) is 32.0 Å². The maximum Gasteiger partial charge on any atom is 0.273 e. The molecule has 30 heavy (non-hydrogen) atoms. The molecule has 1 aliphatic heterocycles. The molecule has 1 fully saturated rings. The molecule has 2 heterocycles. The van der Waals surface area contributed by atoms with E-state index in [9.17, 15) is 9.59 Å². The Balaban J connectivity index is 1.62. The lowest BCUT2D eigenvalue weighted by molar-refractivity contribution is -0.136. The molecule has 1 unspecified atom stereocenters. The minimum atomic E-state index is -0.289. The van der Waals surface area contributed by atoms with Crippen LogP contribution in [0.2, 0.25) is 0 Å². The molecule has 8 nitrogen and oxygen atoms in total. The number of hydrogen-bond acceptors (Lipinski definition) is 6. The molecule has 1 aromatic heterocycles. The lowest BCUT2D eigenvalue weighted by Gasteiger charge is -2.24. The fourth-order valence-electron chi connectivity index (χ4n) is 3.11. The van der Waals surface area contributed by atoms with E-state index in [1.165, 1.54) is 0 Å². The molecule has 3 rings (SSSR count). The molecular formula is C22H29N3O5. The van der Waals surface area contributed by atoms with E-state index in [2.05, 4.69) is 10.5 Å². The zero-order valence-corrected chi connectivity index (χ0v) is 17.5. The third-order valence-electron chi connectivity index (χ3n) is 4.72. The number of ether oxygens (including phenoxy) is 2. The third kappa shape index (κ3) is 6.59. The quantitative estimate of drug-likeness (QED) is 0.641. The van der Waals surface area contributed by atoms with Gasteiger partial charge in [-0.15, -0.1) is 0 Å². The number of rotatable bonds is 10. The maximum absolute atomic E-state index is 12.8. The van der Waals surface area contributed by atoms with Gasteiger partial charge in [-0.3, -0.25) is 9.59 Å². The van der Waals surface area contributed by atoms with Crippen molar-refractivity contribution in [2.24, 2.45) is 5.92 Å². The first-order chi connectivity index (χ1) is 14.5. The number of amides is 2. The van der Waals surface area contributed by atoms with Gasteiger partial charge < -0.3 is 24.2 Å². The van der Waals surface area contributed by atoms with E-state index in [4.69, 9.17) is 14.0 Å². The number of carbonyl (C=O) groups is 2. The van der Waals surface area contributed by atoms with Gasteiger partial charge in [0.1, 0.15) is 5.75 Å². The van der Waals surface area contributed by atoms with Crippen molar-refractivity contribution in [1.29, 1.82) is 0 Å². The number of carbonyl (C=O) groups excluding carboxylic acids is 2. The molecule has 0 bridgehead atoms. The van der Waals surface area contributed by atoms with E-state index >= 15 is 0 Å². The average Bonchev–Trinajstić information content (AvgIpc) is 3.43. The molecule has 1 aromatic carbocycles. The van der Waals surface area contributed by atoms with Crippen LogP contribution in [0.3, 0.4) is 0 Å². The fourth-order valence-corrected chi connectivity index (χ4v) is 3.11. The first-order valence-corrected chi connectivity index (χ1v) is 10.3. The molecule has 1 N–H and O–H groups in total. The molecule has 0 spiro atoms. The molecule has 2 amide bonds. The molecule has 1 atom stereocenters. The summed E-state index contributed by atoms with van der Waals surface area (Å²) in [5.74, 6) is 0.937. The van der Waals surface area contributed by atoms with Crippen LogP contribution in [-0.4, -0.2) is 54.3 Å². The first kappa shape index (κ1) is 21.8. The van der Waals surface area contributed by atoms with Crippen LogP contribution in [0.1, 0.15) is 42.9 Å². The van der Waals surface area contributed by atoms with Crippen molar-refractivity contribution >= 4 is 11.8 Å². The molecule has 1 saturated heterocycles. The summed E-state index contributed by atoms with van der Waals surface area (Å²) in [6, 6.07) is 10.8. The van der Waals surface area contributed by atoms with Crippen molar-refractivity contribution in [1.82, 2.24) is 15.4 Å². The Morgan fingerprint density at radius 1 is 1.30 bits per heavy atom. The van der Waals surface area contributed by atoms with Gasteiger partial charge >= 0.3 is 0 Å². The van der Waals surface area contributed by atoms with Crippen LogP contribution >= 0.6 is 0 Å². The van der Waals surface area contributed by atoms with Gasteiger partial charge in [-0.1, -0.05) is 37.2 Å². The van der Waals surface area contributed by atoms with Crippen molar-refractivity contribution in [2.75, 3.05) is 26.3 Å². The van der Waals surface area contributed by atoms with Gasteiger partial charge in [0.25, 0.3) is 11.8 Å². The predicted molar refractivity (Wildman–Crippen MR) is 110 cm³/mol. The summed E-state index contributed by atoms with van der Waals surface area (Å²) in [7, 11) is 0. The second-order valence-corrected chi connectivity index (χ2v) is 7.79. The molecule has 0 saturated carbocycles. The van der Waals surface area contributed by atoms with Crippen LogP contribution in [-0.2, 0) is 16.1 Å². The summed E-state index contributed by atoms with van der Waals surface area (Å²) in [5.41, 5.74) is 0.204. The number of hydrogen-bond donors (Lipinski definition) is 1. The molecular weight excluding hydrogens is 386 g/mol. The Morgan fingerprint density at radius 2 is 2.10 bits per heavy atom. The minimum Gasteiger partial charge on any atom is -0.484 e. The second-order valence-electron chi connectivity index (χ2n) is 7.79. The van der Waals surface area contributed by atoms with Crippen molar-refractivity contribution in [2.45, 2.75) is 39.3 Å².